The van der Waals surface area contributed by atoms with Crippen molar-refractivity contribution >= 4 is 0 Å². The van der Waals surface area contributed by atoms with Gasteiger partial charge in [0, 0.05) is 37.8 Å². The molecule has 3 aliphatic rings. The van der Waals surface area contributed by atoms with E-state index in [1.807, 2.05) is 0 Å². The van der Waals surface area contributed by atoms with Gasteiger partial charge in [-0.2, -0.15) is 0 Å². The Kier molecular flexibility index (Phi) is 3.18. The Labute approximate surface area is 98.5 Å². The molecule has 2 aliphatic heterocycles. The maximum absolute atomic E-state index is 5.41. The maximum Gasteiger partial charge on any atom is 0.0507 e. The molecule has 2 saturated heterocycles. The van der Waals surface area contributed by atoms with Crippen molar-refractivity contribution in [2.75, 3.05) is 26.3 Å². The Morgan fingerprint density at radius 3 is 2.88 bits per heavy atom. The van der Waals surface area contributed by atoms with E-state index in [1.54, 1.807) is 0 Å². The smallest absolute Gasteiger partial charge is 0.0507 e. The predicted octanol–water partition coefficient (Wildman–Crippen LogP) is 1.24. The van der Waals surface area contributed by atoms with Crippen molar-refractivity contribution in [2.24, 2.45) is 5.92 Å². The molecule has 0 spiro atoms. The van der Waals surface area contributed by atoms with E-state index in [-0.39, 0.29) is 0 Å². The van der Waals surface area contributed by atoms with Crippen molar-refractivity contribution < 1.29 is 4.74 Å². The first kappa shape index (κ1) is 11.0. The number of nitrogens with one attached hydrogen (secondary N) is 1. The third-order valence-electron chi connectivity index (χ3n) is 4.36. The van der Waals surface area contributed by atoms with Gasteiger partial charge in [-0.25, -0.2) is 0 Å². The molecule has 3 nitrogen and oxygen atoms in total. The molecular weight excluding hydrogens is 200 g/mol. The van der Waals surface area contributed by atoms with Gasteiger partial charge in [-0.1, -0.05) is 0 Å². The van der Waals surface area contributed by atoms with Crippen LogP contribution in [0.15, 0.2) is 0 Å². The molecule has 16 heavy (non-hydrogen) atoms. The Bertz CT molecular complexity index is 236. The number of hydrogen-bond donors (Lipinski definition) is 1. The highest BCUT2D eigenvalue weighted by Crippen LogP contribution is 2.33. The second-order valence-corrected chi connectivity index (χ2v) is 5.85. The lowest BCUT2D eigenvalue weighted by Crippen LogP contribution is -2.36. The van der Waals surface area contributed by atoms with Crippen LogP contribution in [0.25, 0.3) is 0 Å². The topological polar surface area (TPSA) is 24.5 Å². The van der Waals surface area contributed by atoms with Crippen LogP contribution in [0.1, 0.15) is 32.6 Å². The summed E-state index contributed by atoms with van der Waals surface area (Å²) in [6, 6.07) is 2.46. The number of ether oxygens (including phenoxy) is 1. The monoisotopic (exact) mass is 224 g/mol. The Hall–Kier alpha value is -0.120. The van der Waals surface area contributed by atoms with Gasteiger partial charge in [0.2, 0.25) is 0 Å². The fourth-order valence-corrected chi connectivity index (χ4v) is 3.20. The van der Waals surface area contributed by atoms with Crippen molar-refractivity contribution in [1.29, 1.82) is 0 Å². The zero-order chi connectivity index (χ0) is 11.0. The molecule has 3 rings (SSSR count). The predicted molar refractivity (Wildman–Crippen MR) is 64.5 cm³/mol. The molecule has 0 aromatic carbocycles. The van der Waals surface area contributed by atoms with E-state index in [0.29, 0.717) is 0 Å². The molecule has 2 heterocycles. The van der Waals surface area contributed by atoms with Crippen LogP contribution in [-0.2, 0) is 4.74 Å². The fraction of sp³-hybridized carbons (Fsp3) is 1.00. The summed E-state index contributed by atoms with van der Waals surface area (Å²) in [5, 5.41) is 3.74. The molecule has 3 fully saturated rings. The fourth-order valence-electron chi connectivity index (χ4n) is 3.20. The summed E-state index contributed by atoms with van der Waals surface area (Å²) in [7, 11) is 0. The van der Waals surface area contributed by atoms with Crippen molar-refractivity contribution in [3.63, 3.8) is 0 Å². The molecule has 1 aliphatic carbocycles. The van der Waals surface area contributed by atoms with Gasteiger partial charge in [0.25, 0.3) is 0 Å². The first-order chi connectivity index (χ1) is 7.83. The van der Waals surface area contributed by atoms with Crippen molar-refractivity contribution in [1.82, 2.24) is 10.2 Å². The first-order valence-corrected chi connectivity index (χ1v) is 6.90. The number of likely N-dealkylation sites (tertiary alicyclic amines) is 1. The Morgan fingerprint density at radius 1 is 1.31 bits per heavy atom. The van der Waals surface area contributed by atoms with E-state index >= 15 is 0 Å². The summed E-state index contributed by atoms with van der Waals surface area (Å²) >= 11 is 0. The molecule has 0 amide bonds. The molecule has 1 saturated carbocycles. The van der Waals surface area contributed by atoms with E-state index in [9.17, 15) is 0 Å². The third-order valence-corrected chi connectivity index (χ3v) is 4.36. The molecule has 92 valence electrons. The van der Waals surface area contributed by atoms with Crippen molar-refractivity contribution in [3.8, 4) is 0 Å². The third kappa shape index (κ3) is 2.41. The summed E-state index contributed by atoms with van der Waals surface area (Å²) in [4.78, 5) is 2.71. The normalized spacial score (nSPS) is 40.7. The van der Waals surface area contributed by atoms with Gasteiger partial charge in [0.1, 0.15) is 0 Å². The lowest BCUT2D eigenvalue weighted by molar-refractivity contribution is 0.184. The van der Waals surface area contributed by atoms with Gasteiger partial charge < -0.3 is 10.1 Å². The van der Waals surface area contributed by atoms with Crippen molar-refractivity contribution in [3.05, 3.63) is 0 Å². The van der Waals surface area contributed by atoms with Gasteiger partial charge in [0.15, 0.2) is 0 Å². The highest BCUT2D eigenvalue weighted by atomic mass is 16.5. The van der Waals surface area contributed by atoms with Crippen LogP contribution >= 0.6 is 0 Å². The molecule has 0 radical (unpaired) electrons. The van der Waals surface area contributed by atoms with Gasteiger partial charge in [-0.15, -0.1) is 0 Å². The minimum absolute atomic E-state index is 0.733. The maximum atomic E-state index is 5.41. The zero-order valence-electron chi connectivity index (χ0n) is 10.3. The average Bonchev–Trinajstić information content (AvgIpc) is 2.85. The number of nitrogens with zero attached hydrogens (tertiary/aromatic N) is 1. The molecular formula is C13H24N2O. The van der Waals surface area contributed by atoms with Crippen LogP contribution in [0, 0.1) is 5.92 Å². The zero-order valence-corrected chi connectivity index (χ0v) is 10.3. The van der Waals surface area contributed by atoms with E-state index < -0.39 is 0 Å². The summed E-state index contributed by atoms with van der Waals surface area (Å²) in [6.07, 6.45) is 5.47. The lowest BCUT2D eigenvalue weighted by Gasteiger charge is -2.20. The van der Waals surface area contributed by atoms with E-state index in [4.69, 9.17) is 4.74 Å². The second-order valence-electron chi connectivity index (χ2n) is 5.85. The highest BCUT2D eigenvalue weighted by molar-refractivity contribution is 4.96. The molecule has 0 aromatic heterocycles. The van der Waals surface area contributed by atoms with Crippen LogP contribution in [0.2, 0.25) is 0 Å². The Balaban J connectivity index is 1.42. The quantitative estimate of drug-likeness (QED) is 0.777. The molecule has 0 bridgehead atoms. The second kappa shape index (κ2) is 4.63. The number of rotatable bonds is 4. The SMILES string of the molecule is CC1CC(NCC2CCOC2)CN1C1CC1. The van der Waals surface area contributed by atoms with Crippen LogP contribution in [0.5, 0.6) is 0 Å². The number of hydrogen-bond acceptors (Lipinski definition) is 3. The van der Waals surface area contributed by atoms with Gasteiger partial charge >= 0.3 is 0 Å². The molecule has 1 N–H and O–H groups in total. The lowest BCUT2D eigenvalue weighted by atomic mass is 10.1. The highest BCUT2D eigenvalue weighted by Gasteiger charge is 2.38. The van der Waals surface area contributed by atoms with Crippen LogP contribution in [0.3, 0.4) is 0 Å². The van der Waals surface area contributed by atoms with E-state index in [0.717, 1.165) is 43.8 Å². The van der Waals surface area contributed by atoms with Gasteiger partial charge in [-0.3, -0.25) is 4.90 Å². The van der Waals surface area contributed by atoms with Gasteiger partial charge in [-0.05, 0) is 38.5 Å². The molecule has 3 heteroatoms. The Morgan fingerprint density at radius 2 is 2.19 bits per heavy atom. The average molecular weight is 224 g/mol. The van der Waals surface area contributed by atoms with E-state index in [2.05, 4.69) is 17.1 Å². The van der Waals surface area contributed by atoms with Crippen LogP contribution in [0.4, 0.5) is 0 Å². The molecule has 3 atom stereocenters. The van der Waals surface area contributed by atoms with Crippen molar-refractivity contribution in [2.45, 2.75) is 50.7 Å². The summed E-state index contributed by atoms with van der Waals surface area (Å²) in [5.74, 6) is 0.769. The minimum Gasteiger partial charge on any atom is -0.381 e. The standard InChI is InChI=1S/C13H24N2O/c1-10-6-12(8-15(10)13-2-3-13)14-7-11-4-5-16-9-11/h10-14H,2-9H2,1H3. The summed E-state index contributed by atoms with van der Waals surface area (Å²) in [5.41, 5.74) is 0. The summed E-state index contributed by atoms with van der Waals surface area (Å²) < 4.78 is 5.41. The van der Waals surface area contributed by atoms with Crippen LogP contribution < -0.4 is 5.32 Å². The molecule has 0 aromatic rings. The largest absolute Gasteiger partial charge is 0.381 e. The summed E-state index contributed by atoms with van der Waals surface area (Å²) in [6.45, 7) is 6.78. The van der Waals surface area contributed by atoms with E-state index in [1.165, 1.54) is 32.2 Å². The molecule has 3 unspecified atom stereocenters. The van der Waals surface area contributed by atoms with Crippen LogP contribution in [-0.4, -0.2) is 49.3 Å². The first-order valence-electron chi connectivity index (χ1n) is 6.90. The van der Waals surface area contributed by atoms with Gasteiger partial charge in [0.05, 0.1) is 6.61 Å². The minimum atomic E-state index is 0.733.